The highest BCUT2D eigenvalue weighted by Gasteiger charge is 1.99. The van der Waals surface area contributed by atoms with Crippen LogP contribution in [0.15, 0.2) is 12.5 Å². The first-order valence-corrected chi connectivity index (χ1v) is 5.75. The number of primary amides is 1. The van der Waals surface area contributed by atoms with Gasteiger partial charge in [-0.25, -0.2) is 9.97 Å². The van der Waals surface area contributed by atoms with E-state index in [1.165, 1.54) is 6.33 Å². The number of hydrogen-bond acceptors (Lipinski definition) is 4. The van der Waals surface area contributed by atoms with Gasteiger partial charge in [0.25, 0.3) is 0 Å². The Morgan fingerprint density at radius 3 is 3.00 bits per heavy atom. The predicted octanol–water partition coefficient (Wildman–Crippen LogP) is 1.15. The van der Waals surface area contributed by atoms with Crippen LogP contribution in [0.1, 0.15) is 19.3 Å². The number of amides is 1. The molecule has 0 aromatic carbocycles. The summed E-state index contributed by atoms with van der Waals surface area (Å²) >= 11 is 2.17. The second-order valence-corrected chi connectivity index (χ2v) is 4.23. The summed E-state index contributed by atoms with van der Waals surface area (Å²) in [6, 6.07) is 0. The second kappa shape index (κ2) is 6.54. The number of nitrogens with two attached hydrogens (primary N) is 1. The molecule has 1 aromatic rings. The van der Waals surface area contributed by atoms with Gasteiger partial charge in [0.2, 0.25) is 5.91 Å². The fourth-order valence-electron chi connectivity index (χ4n) is 1.07. The Bertz CT molecular complexity index is 332. The van der Waals surface area contributed by atoms with E-state index in [0.717, 1.165) is 28.8 Å². The van der Waals surface area contributed by atoms with Gasteiger partial charge in [0.05, 0.1) is 3.57 Å². The molecule has 3 N–H and O–H groups in total. The van der Waals surface area contributed by atoms with E-state index in [2.05, 4.69) is 37.9 Å². The Kier molecular flexibility index (Phi) is 5.30. The number of aromatic nitrogens is 2. The fraction of sp³-hybridized carbons (Fsp3) is 0.444. The van der Waals surface area contributed by atoms with E-state index in [4.69, 9.17) is 5.73 Å². The van der Waals surface area contributed by atoms with E-state index in [1.54, 1.807) is 6.20 Å². The molecule has 0 unspecified atom stereocenters. The molecular weight excluding hydrogens is 307 g/mol. The lowest BCUT2D eigenvalue weighted by molar-refractivity contribution is -0.118. The van der Waals surface area contributed by atoms with Crippen molar-refractivity contribution in [2.24, 2.45) is 5.73 Å². The smallest absolute Gasteiger partial charge is 0.217 e. The lowest BCUT2D eigenvalue weighted by Crippen LogP contribution is -2.11. The molecule has 0 saturated heterocycles. The predicted molar refractivity (Wildman–Crippen MR) is 66.3 cm³/mol. The first kappa shape index (κ1) is 12.2. The van der Waals surface area contributed by atoms with Crippen molar-refractivity contribution >= 4 is 34.3 Å². The molecule has 0 radical (unpaired) electrons. The van der Waals surface area contributed by atoms with Crippen LogP contribution in [0.4, 0.5) is 5.82 Å². The van der Waals surface area contributed by atoms with Crippen LogP contribution in [-0.4, -0.2) is 22.4 Å². The molecule has 5 nitrogen and oxygen atoms in total. The molecule has 1 rings (SSSR count). The number of nitrogens with zero attached hydrogens (tertiary/aromatic N) is 2. The Hall–Kier alpha value is -0.920. The molecule has 0 atom stereocenters. The SMILES string of the molecule is NC(=O)CCCCNc1ncncc1I. The van der Waals surface area contributed by atoms with Crippen LogP contribution in [0.5, 0.6) is 0 Å². The molecule has 15 heavy (non-hydrogen) atoms. The highest BCUT2D eigenvalue weighted by molar-refractivity contribution is 14.1. The number of carbonyl (C=O) groups excluding carboxylic acids is 1. The van der Waals surface area contributed by atoms with Gasteiger partial charge in [0, 0.05) is 19.2 Å². The highest BCUT2D eigenvalue weighted by Crippen LogP contribution is 2.12. The highest BCUT2D eigenvalue weighted by atomic mass is 127. The van der Waals surface area contributed by atoms with Crippen molar-refractivity contribution in [3.63, 3.8) is 0 Å². The minimum atomic E-state index is -0.244. The molecule has 0 spiro atoms. The van der Waals surface area contributed by atoms with Gasteiger partial charge in [-0.15, -0.1) is 0 Å². The quantitative estimate of drug-likeness (QED) is 0.609. The Morgan fingerprint density at radius 2 is 2.33 bits per heavy atom. The molecule has 6 heteroatoms. The van der Waals surface area contributed by atoms with Crippen LogP contribution < -0.4 is 11.1 Å². The van der Waals surface area contributed by atoms with Gasteiger partial charge in [-0.05, 0) is 35.4 Å². The van der Waals surface area contributed by atoms with Crippen molar-refractivity contribution < 1.29 is 4.79 Å². The molecular formula is C9H13IN4O. The zero-order chi connectivity index (χ0) is 11.1. The van der Waals surface area contributed by atoms with Crippen molar-refractivity contribution in [3.05, 3.63) is 16.1 Å². The van der Waals surface area contributed by atoms with Crippen LogP contribution in [-0.2, 0) is 4.79 Å². The van der Waals surface area contributed by atoms with Gasteiger partial charge < -0.3 is 11.1 Å². The van der Waals surface area contributed by atoms with E-state index >= 15 is 0 Å². The molecule has 1 aromatic heterocycles. The molecule has 0 fully saturated rings. The Labute approximate surface area is 102 Å². The van der Waals surface area contributed by atoms with E-state index in [9.17, 15) is 4.79 Å². The molecule has 1 heterocycles. The van der Waals surface area contributed by atoms with E-state index in [1.807, 2.05) is 0 Å². The summed E-state index contributed by atoms with van der Waals surface area (Å²) in [7, 11) is 0. The van der Waals surface area contributed by atoms with E-state index in [-0.39, 0.29) is 5.91 Å². The molecule has 1 amide bonds. The van der Waals surface area contributed by atoms with Gasteiger partial charge in [0.1, 0.15) is 12.1 Å². The Morgan fingerprint density at radius 1 is 1.53 bits per heavy atom. The maximum atomic E-state index is 10.5. The zero-order valence-electron chi connectivity index (χ0n) is 8.24. The summed E-state index contributed by atoms with van der Waals surface area (Å²) in [5, 5.41) is 3.18. The van der Waals surface area contributed by atoms with Crippen LogP contribution in [0.3, 0.4) is 0 Å². The first-order chi connectivity index (χ1) is 7.20. The van der Waals surface area contributed by atoms with Crippen molar-refractivity contribution in [3.8, 4) is 0 Å². The molecule has 0 saturated carbocycles. The largest absolute Gasteiger partial charge is 0.370 e. The molecule has 0 aliphatic carbocycles. The maximum Gasteiger partial charge on any atom is 0.217 e. The van der Waals surface area contributed by atoms with Crippen LogP contribution >= 0.6 is 22.6 Å². The summed E-state index contributed by atoms with van der Waals surface area (Å²) in [6.45, 7) is 0.792. The number of rotatable bonds is 6. The average Bonchev–Trinajstić information content (AvgIpc) is 2.20. The number of halogens is 1. The lowest BCUT2D eigenvalue weighted by Gasteiger charge is -2.05. The average molecular weight is 320 g/mol. The number of anilines is 1. The molecule has 0 bridgehead atoms. The fourth-order valence-corrected chi connectivity index (χ4v) is 1.56. The number of carbonyl (C=O) groups is 1. The third-order valence-electron chi connectivity index (χ3n) is 1.81. The summed E-state index contributed by atoms with van der Waals surface area (Å²) in [4.78, 5) is 18.4. The summed E-state index contributed by atoms with van der Waals surface area (Å²) in [5.41, 5.74) is 5.03. The van der Waals surface area contributed by atoms with Crippen molar-refractivity contribution in [2.45, 2.75) is 19.3 Å². The molecule has 82 valence electrons. The zero-order valence-corrected chi connectivity index (χ0v) is 10.4. The van der Waals surface area contributed by atoms with Gasteiger partial charge in [-0.1, -0.05) is 0 Å². The number of unbranched alkanes of at least 4 members (excludes halogenated alkanes) is 1. The van der Waals surface area contributed by atoms with Crippen LogP contribution in [0.25, 0.3) is 0 Å². The normalized spacial score (nSPS) is 9.93. The monoisotopic (exact) mass is 320 g/mol. The lowest BCUT2D eigenvalue weighted by atomic mass is 10.2. The Balaban J connectivity index is 2.21. The third-order valence-corrected chi connectivity index (χ3v) is 2.60. The van der Waals surface area contributed by atoms with Gasteiger partial charge in [-0.3, -0.25) is 4.79 Å². The minimum Gasteiger partial charge on any atom is -0.370 e. The molecule has 0 aliphatic heterocycles. The third kappa shape index (κ3) is 4.91. The number of nitrogens with one attached hydrogen (secondary N) is 1. The van der Waals surface area contributed by atoms with Crippen LogP contribution in [0.2, 0.25) is 0 Å². The maximum absolute atomic E-state index is 10.5. The standard InChI is InChI=1S/C9H13IN4O/c10-7-5-12-6-14-9(7)13-4-2-1-3-8(11)15/h5-6H,1-4H2,(H2,11,15)(H,12,13,14). The van der Waals surface area contributed by atoms with Crippen LogP contribution in [0, 0.1) is 3.57 Å². The van der Waals surface area contributed by atoms with Gasteiger partial charge in [0.15, 0.2) is 0 Å². The summed E-state index contributed by atoms with van der Waals surface area (Å²) < 4.78 is 0.991. The van der Waals surface area contributed by atoms with Crippen molar-refractivity contribution in [2.75, 3.05) is 11.9 Å². The summed E-state index contributed by atoms with van der Waals surface area (Å²) in [6.07, 6.45) is 5.42. The molecule has 0 aliphatic rings. The van der Waals surface area contributed by atoms with Gasteiger partial charge in [-0.2, -0.15) is 0 Å². The van der Waals surface area contributed by atoms with Gasteiger partial charge >= 0.3 is 0 Å². The number of hydrogen-bond donors (Lipinski definition) is 2. The topological polar surface area (TPSA) is 80.9 Å². The summed E-state index contributed by atoms with van der Waals surface area (Å²) in [5.74, 6) is 0.594. The minimum absolute atomic E-state index is 0.244. The second-order valence-electron chi connectivity index (χ2n) is 3.07. The van der Waals surface area contributed by atoms with E-state index < -0.39 is 0 Å². The van der Waals surface area contributed by atoms with Crippen molar-refractivity contribution in [1.29, 1.82) is 0 Å². The van der Waals surface area contributed by atoms with E-state index in [0.29, 0.717) is 6.42 Å². The van der Waals surface area contributed by atoms with Crippen molar-refractivity contribution in [1.82, 2.24) is 9.97 Å². The first-order valence-electron chi connectivity index (χ1n) is 4.68.